The quantitative estimate of drug-likeness (QED) is 0.403. The molecule has 36 heavy (non-hydrogen) atoms. The van der Waals surface area contributed by atoms with Gasteiger partial charge in [0.1, 0.15) is 17.8 Å². The van der Waals surface area contributed by atoms with E-state index in [1.54, 1.807) is 12.1 Å². The molecule has 4 rings (SSSR count). The summed E-state index contributed by atoms with van der Waals surface area (Å²) in [5.41, 5.74) is 3.10. The van der Waals surface area contributed by atoms with E-state index in [0.29, 0.717) is 17.1 Å². The molecule has 0 aromatic heterocycles. The second-order valence-corrected chi connectivity index (χ2v) is 9.19. The van der Waals surface area contributed by atoms with Crippen LogP contribution in [0.4, 0.5) is 17.6 Å². The maximum absolute atomic E-state index is 13.8. The van der Waals surface area contributed by atoms with Gasteiger partial charge in [-0.3, -0.25) is 0 Å². The van der Waals surface area contributed by atoms with Crippen LogP contribution in [0.25, 0.3) is 5.70 Å². The average Bonchev–Trinajstić information content (AvgIpc) is 2.85. The van der Waals surface area contributed by atoms with Gasteiger partial charge in [-0.2, -0.15) is 13.2 Å². The van der Waals surface area contributed by atoms with Crippen molar-refractivity contribution in [3.8, 4) is 0 Å². The SMILES string of the molecule is C=C(NC1=NC(c2ccccc2C(F)(F)F)NC2=C1CCCC2)c1cc(F)ccc1C.CCCCC. The molecule has 1 heterocycles. The molecule has 7 heteroatoms. The highest BCUT2D eigenvalue weighted by Crippen LogP contribution is 2.38. The molecule has 1 aliphatic carbocycles. The highest BCUT2D eigenvalue weighted by molar-refractivity contribution is 6.04. The summed E-state index contributed by atoms with van der Waals surface area (Å²) in [5, 5.41) is 6.38. The summed E-state index contributed by atoms with van der Waals surface area (Å²) in [6.45, 7) is 10.3. The zero-order valence-electron chi connectivity index (χ0n) is 21.2. The van der Waals surface area contributed by atoms with Crippen molar-refractivity contribution in [2.24, 2.45) is 4.99 Å². The molecule has 2 aromatic rings. The average molecular weight is 502 g/mol. The first kappa shape index (κ1) is 27.5. The van der Waals surface area contributed by atoms with E-state index in [0.717, 1.165) is 48.6 Å². The molecule has 0 bridgehead atoms. The van der Waals surface area contributed by atoms with E-state index in [-0.39, 0.29) is 11.4 Å². The fourth-order valence-corrected chi connectivity index (χ4v) is 4.46. The van der Waals surface area contributed by atoms with Crippen LogP contribution < -0.4 is 10.6 Å². The smallest absolute Gasteiger partial charge is 0.363 e. The summed E-state index contributed by atoms with van der Waals surface area (Å²) in [4.78, 5) is 4.61. The van der Waals surface area contributed by atoms with Gasteiger partial charge in [-0.15, -0.1) is 0 Å². The molecule has 1 aliphatic heterocycles. The lowest BCUT2D eigenvalue weighted by atomic mass is 9.92. The second kappa shape index (κ2) is 12.2. The van der Waals surface area contributed by atoms with Gasteiger partial charge in [-0.25, -0.2) is 9.38 Å². The summed E-state index contributed by atoms with van der Waals surface area (Å²) >= 11 is 0. The Morgan fingerprint density at radius 2 is 1.78 bits per heavy atom. The van der Waals surface area contributed by atoms with E-state index in [4.69, 9.17) is 0 Å². The van der Waals surface area contributed by atoms with Crippen molar-refractivity contribution in [2.75, 3.05) is 0 Å². The minimum absolute atomic E-state index is 0.0685. The predicted molar refractivity (Wildman–Crippen MR) is 139 cm³/mol. The van der Waals surface area contributed by atoms with Crippen molar-refractivity contribution in [1.82, 2.24) is 10.6 Å². The number of unbranched alkanes of at least 4 members (excludes halogenated alkanes) is 2. The second-order valence-electron chi connectivity index (χ2n) is 9.19. The Morgan fingerprint density at radius 1 is 1.08 bits per heavy atom. The highest BCUT2D eigenvalue weighted by Gasteiger charge is 2.36. The number of nitrogens with zero attached hydrogens (tertiary/aromatic N) is 1. The first-order valence-electron chi connectivity index (χ1n) is 12.6. The van der Waals surface area contributed by atoms with Gasteiger partial charge < -0.3 is 10.6 Å². The van der Waals surface area contributed by atoms with Gasteiger partial charge in [0.15, 0.2) is 0 Å². The molecule has 1 unspecified atom stereocenters. The Bertz CT molecular complexity index is 1130. The summed E-state index contributed by atoms with van der Waals surface area (Å²) in [5.74, 6) is 0.106. The van der Waals surface area contributed by atoms with Gasteiger partial charge in [0.2, 0.25) is 0 Å². The lowest BCUT2D eigenvalue weighted by Gasteiger charge is -2.33. The molecule has 2 aliphatic rings. The van der Waals surface area contributed by atoms with E-state index in [1.165, 1.54) is 43.5 Å². The van der Waals surface area contributed by atoms with Crippen molar-refractivity contribution in [3.63, 3.8) is 0 Å². The van der Waals surface area contributed by atoms with Crippen LogP contribution in [0.3, 0.4) is 0 Å². The van der Waals surface area contributed by atoms with E-state index in [9.17, 15) is 17.6 Å². The van der Waals surface area contributed by atoms with Crippen LogP contribution in [-0.2, 0) is 6.18 Å². The van der Waals surface area contributed by atoms with Crippen LogP contribution in [0.2, 0.25) is 0 Å². The van der Waals surface area contributed by atoms with Crippen molar-refractivity contribution >= 4 is 11.5 Å². The van der Waals surface area contributed by atoms with E-state index < -0.39 is 17.9 Å². The molecule has 194 valence electrons. The van der Waals surface area contributed by atoms with E-state index >= 15 is 0 Å². The topological polar surface area (TPSA) is 36.4 Å². The van der Waals surface area contributed by atoms with Gasteiger partial charge >= 0.3 is 6.18 Å². The number of nitrogens with one attached hydrogen (secondary N) is 2. The van der Waals surface area contributed by atoms with Crippen LogP contribution in [-0.4, -0.2) is 5.84 Å². The molecular weight excluding hydrogens is 466 g/mol. The van der Waals surface area contributed by atoms with Crippen molar-refractivity contribution < 1.29 is 17.6 Å². The minimum Gasteiger partial charge on any atom is -0.363 e. The molecule has 0 amide bonds. The van der Waals surface area contributed by atoms with Gasteiger partial charge in [0.05, 0.1) is 5.56 Å². The van der Waals surface area contributed by atoms with Crippen molar-refractivity contribution in [3.05, 3.63) is 88.4 Å². The number of hydrogen-bond donors (Lipinski definition) is 2. The van der Waals surface area contributed by atoms with Gasteiger partial charge in [-0.1, -0.05) is 64.0 Å². The summed E-state index contributed by atoms with van der Waals surface area (Å²) in [6, 6.07) is 9.89. The van der Waals surface area contributed by atoms with Gasteiger partial charge in [0, 0.05) is 28.1 Å². The third-order valence-corrected chi connectivity index (χ3v) is 6.38. The van der Waals surface area contributed by atoms with Crippen LogP contribution in [0.5, 0.6) is 0 Å². The van der Waals surface area contributed by atoms with Crippen LogP contribution in [0.15, 0.2) is 65.3 Å². The van der Waals surface area contributed by atoms with Crippen LogP contribution >= 0.6 is 0 Å². The summed E-state index contributed by atoms with van der Waals surface area (Å²) in [6.07, 6.45) is 2.15. The number of amidine groups is 1. The van der Waals surface area contributed by atoms with Crippen LogP contribution in [0, 0.1) is 12.7 Å². The van der Waals surface area contributed by atoms with Crippen LogP contribution in [0.1, 0.15) is 87.2 Å². The Hall–Kier alpha value is -3.09. The lowest BCUT2D eigenvalue weighted by Crippen LogP contribution is -2.36. The van der Waals surface area contributed by atoms with Crippen molar-refractivity contribution in [1.29, 1.82) is 0 Å². The van der Waals surface area contributed by atoms with E-state index in [2.05, 4.69) is 36.1 Å². The lowest BCUT2D eigenvalue weighted by molar-refractivity contribution is -0.138. The number of allylic oxidation sites excluding steroid dienone is 1. The van der Waals surface area contributed by atoms with Gasteiger partial charge in [-0.05, 0) is 56.4 Å². The third kappa shape index (κ3) is 6.77. The summed E-state index contributed by atoms with van der Waals surface area (Å²) < 4.78 is 54.6. The molecule has 0 spiro atoms. The number of hydrogen-bond acceptors (Lipinski definition) is 3. The molecule has 0 radical (unpaired) electrons. The first-order valence-corrected chi connectivity index (χ1v) is 12.6. The molecule has 1 atom stereocenters. The maximum Gasteiger partial charge on any atom is 0.416 e. The number of alkyl halides is 3. The normalized spacial score (nSPS) is 17.3. The zero-order chi connectivity index (χ0) is 26.3. The number of aliphatic imine (C=N–C) groups is 1. The largest absolute Gasteiger partial charge is 0.416 e. The Kier molecular flexibility index (Phi) is 9.35. The number of rotatable bonds is 5. The van der Waals surface area contributed by atoms with Gasteiger partial charge in [0.25, 0.3) is 0 Å². The standard InChI is InChI=1S/C24H23F4N3.C5H12/c1-14-11-12-16(25)13-19(14)15(2)29-23-18-8-4-6-10-21(18)30-22(31-23)17-7-3-5-9-20(17)24(26,27)28;1-3-5-4-2/h3,5,7,9,11-13,22,30H,2,4,6,8,10H2,1H3,(H,29,31);3-5H2,1-2H3. The summed E-state index contributed by atoms with van der Waals surface area (Å²) in [7, 11) is 0. The fraction of sp³-hybridized carbons (Fsp3) is 0.414. The minimum atomic E-state index is -4.48. The number of aryl methyl sites for hydroxylation is 1. The van der Waals surface area contributed by atoms with E-state index in [1.807, 2.05) is 6.92 Å². The molecule has 0 saturated carbocycles. The fourth-order valence-electron chi connectivity index (χ4n) is 4.46. The highest BCUT2D eigenvalue weighted by atomic mass is 19.4. The number of benzene rings is 2. The number of halogens is 4. The molecule has 3 nitrogen and oxygen atoms in total. The third-order valence-electron chi connectivity index (χ3n) is 6.38. The molecule has 0 saturated heterocycles. The molecule has 2 N–H and O–H groups in total. The molecule has 2 aromatic carbocycles. The van der Waals surface area contributed by atoms with Crippen molar-refractivity contribution in [2.45, 2.75) is 78.1 Å². The first-order chi connectivity index (χ1) is 17.2. The predicted octanol–water partition coefficient (Wildman–Crippen LogP) is 8.44. The monoisotopic (exact) mass is 501 g/mol. The Labute approximate surface area is 211 Å². The zero-order valence-corrected chi connectivity index (χ0v) is 21.2. The maximum atomic E-state index is 13.8. The Balaban J connectivity index is 0.000000658. The molecule has 0 fully saturated rings. The Morgan fingerprint density at radius 3 is 2.44 bits per heavy atom. The molecular formula is C29H35F4N3.